The summed E-state index contributed by atoms with van der Waals surface area (Å²) in [5.74, 6) is 1.09. The Bertz CT molecular complexity index is 720. The minimum absolute atomic E-state index is 0.241. The molecule has 0 aliphatic heterocycles. The second-order valence-electron chi connectivity index (χ2n) is 4.55. The second kappa shape index (κ2) is 7.14. The predicted octanol–water partition coefficient (Wildman–Crippen LogP) is 2.51. The van der Waals surface area contributed by atoms with Crippen LogP contribution in [0, 0.1) is 11.3 Å². The lowest BCUT2D eigenvalue weighted by Crippen LogP contribution is -2.23. The molecule has 2 aromatic rings. The molecule has 2 rings (SSSR count). The molecule has 0 aromatic heterocycles. The molecular weight excluding hydrogens is 280 g/mol. The second-order valence-corrected chi connectivity index (χ2v) is 4.55. The summed E-state index contributed by atoms with van der Waals surface area (Å²) in [6, 6.07) is 14.0. The highest BCUT2D eigenvalue weighted by Gasteiger charge is 2.09. The first kappa shape index (κ1) is 15.4. The summed E-state index contributed by atoms with van der Waals surface area (Å²) in [6.45, 7) is 0.322. The summed E-state index contributed by atoms with van der Waals surface area (Å²) in [5, 5.41) is 11.7. The first-order valence-corrected chi connectivity index (χ1v) is 6.67. The van der Waals surface area contributed by atoms with Crippen LogP contribution in [0.25, 0.3) is 0 Å². The number of benzene rings is 2. The highest BCUT2D eigenvalue weighted by Crippen LogP contribution is 2.24. The lowest BCUT2D eigenvalue weighted by Gasteiger charge is -2.11. The molecule has 2 aromatic carbocycles. The molecule has 22 heavy (non-hydrogen) atoms. The van der Waals surface area contributed by atoms with Gasteiger partial charge in [0.05, 0.1) is 25.9 Å². The minimum Gasteiger partial charge on any atom is -0.497 e. The van der Waals surface area contributed by atoms with Crippen LogP contribution in [-0.4, -0.2) is 20.1 Å². The molecule has 0 radical (unpaired) electrons. The summed E-state index contributed by atoms with van der Waals surface area (Å²) in [6.07, 6.45) is 0. The van der Waals surface area contributed by atoms with Crippen LogP contribution in [-0.2, 0) is 6.54 Å². The van der Waals surface area contributed by atoms with Crippen LogP contribution < -0.4 is 14.8 Å². The summed E-state index contributed by atoms with van der Waals surface area (Å²) in [5.41, 5.74) is 1.74. The van der Waals surface area contributed by atoms with E-state index in [2.05, 4.69) is 5.32 Å². The van der Waals surface area contributed by atoms with Crippen LogP contribution in [0.3, 0.4) is 0 Å². The Hall–Kier alpha value is -3.00. The van der Waals surface area contributed by atoms with Gasteiger partial charge >= 0.3 is 0 Å². The van der Waals surface area contributed by atoms with Gasteiger partial charge in [-0.2, -0.15) is 5.26 Å². The fraction of sp³-hybridized carbons (Fsp3) is 0.176. The first-order valence-electron chi connectivity index (χ1n) is 6.67. The lowest BCUT2D eigenvalue weighted by molar-refractivity contribution is 0.0950. The van der Waals surface area contributed by atoms with Crippen molar-refractivity contribution in [1.29, 1.82) is 5.26 Å². The molecule has 0 saturated heterocycles. The molecule has 0 saturated carbocycles. The van der Waals surface area contributed by atoms with Crippen molar-refractivity contribution in [2.75, 3.05) is 14.2 Å². The van der Waals surface area contributed by atoms with E-state index in [4.69, 9.17) is 14.7 Å². The number of methoxy groups -OCH3 is 2. The monoisotopic (exact) mass is 296 g/mol. The smallest absolute Gasteiger partial charge is 0.251 e. The van der Waals surface area contributed by atoms with E-state index in [1.165, 1.54) is 0 Å². The number of hydrogen-bond acceptors (Lipinski definition) is 4. The summed E-state index contributed by atoms with van der Waals surface area (Å²) >= 11 is 0. The molecule has 0 fully saturated rings. The van der Waals surface area contributed by atoms with E-state index in [0.717, 1.165) is 5.56 Å². The summed E-state index contributed by atoms with van der Waals surface area (Å²) < 4.78 is 10.4. The zero-order valence-electron chi connectivity index (χ0n) is 12.4. The molecule has 0 unspecified atom stereocenters. The molecule has 1 N–H and O–H groups in total. The van der Waals surface area contributed by atoms with E-state index < -0.39 is 0 Å². The highest BCUT2D eigenvalue weighted by atomic mass is 16.5. The third-order valence-electron chi connectivity index (χ3n) is 3.19. The number of amides is 1. The average Bonchev–Trinajstić information content (AvgIpc) is 2.59. The van der Waals surface area contributed by atoms with Gasteiger partial charge in [0.1, 0.15) is 11.5 Å². The first-order chi connectivity index (χ1) is 10.7. The molecule has 0 aliphatic rings. The highest BCUT2D eigenvalue weighted by molar-refractivity contribution is 5.94. The van der Waals surface area contributed by atoms with Crippen LogP contribution in [0.2, 0.25) is 0 Å². The fourth-order valence-electron chi connectivity index (χ4n) is 2.01. The van der Waals surface area contributed by atoms with Crippen LogP contribution in [0.15, 0.2) is 42.5 Å². The maximum atomic E-state index is 12.1. The molecule has 0 heterocycles. The van der Waals surface area contributed by atoms with Gasteiger partial charge in [0.15, 0.2) is 0 Å². The molecule has 0 atom stereocenters. The number of rotatable bonds is 5. The van der Waals surface area contributed by atoms with Gasteiger partial charge in [0, 0.05) is 23.7 Å². The molecule has 0 aliphatic carbocycles. The van der Waals surface area contributed by atoms with E-state index in [1.54, 1.807) is 50.6 Å². The lowest BCUT2D eigenvalue weighted by atomic mass is 10.1. The van der Waals surface area contributed by atoms with Gasteiger partial charge in [-0.05, 0) is 30.3 Å². The standard InChI is InChI=1S/C17H16N2O3/c1-21-15-7-6-14(16(9-15)22-2)11-19-17(20)13-5-3-4-12(8-13)10-18/h3-9H,11H2,1-2H3,(H,19,20). The number of carbonyl (C=O) groups is 1. The molecule has 5 nitrogen and oxygen atoms in total. The van der Waals surface area contributed by atoms with Gasteiger partial charge in [0.25, 0.3) is 5.91 Å². The Morgan fingerprint density at radius 1 is 1.18 bits per heavy atom. The third-order valence-corrected chi connectivity index (χ3v) is 3.19. The predicted molar refractivity (Wildman–Crippen MR) is 81.9 cm³/mol. The molecular formula is C17H16N2O3. The van der Waals surface area contributed by atoms with Crippen LogP contribution >= 0.6 is 0 Å². The van der Waals surface area contributed by atoms with Crippen LogP contribution in [0.4, 0.5) is 0 Å². The Labute approximate surface area is 129 Å². The Morgan fingerprint density at radius 2 is 2.00 bits per heavy atom. The van der Waals surface area contributed by atoms with E-state index in [-0.39, 0.29) is 5.91 Å². The zero-order valence-corrected chi connectivity index (χ0v) is 12.4. The topological polar surface area (TPSA) is 71.3 Å². The molecule has 1 amide bonds. The average molecular weight is 296 g/mol. The van der Waals surface area contributed by atoms with E-state index in [9.17, 15) is 4.79 Å². The third kappa shape index (κ3) is 3.55. The maximum absolute atomic E-state index is 12.1. The van der Waals surface area contributed by atoms with Crippen molar-refractivity contribution in [1.82, 2.24) is 5.32 Å². The summed E-state index contributed by atoms with van der Waals surface area (Å²) in [4.78, 5) is 12.1. The van der Waals surface area contributed by atoms with Gasteiger partial charge in [-0.25, -0.2) is 0 Å². The van der Waals surface area contributed by atoms with Crippen molar-refractivity contribution in [2.24, 2.45) is 0 Å². The van der Waals surface area contributed by atoms with Gasteiger partial charge in [-0.15, -0.1) is 0 Å². The normalized spacial score (nSPS) is 9.68. The largest absolute Gasteiger partial charge is 0.497 e. The Morgan fingerprint density at radius 3 is 2.68 bits per heavy atom. The van der Waals surface area contributed by atoms with Crippen LogP contribution in [0.5, 0.6) is 11.5 Å². The van der Waals surface area contributed by atoms with E-state index in [1.807, 2.05) is 12.1 Å². The fourth-order valence-corrected chi connectivity index (χ4v) is 2.01. The van der Waals surface area contributed by atoms with E-state index in [0.29, 0.717) is 29.2 Å². The minimum atomic E-state index is -0.241. The molecule has 0 spiro atoms. The SMILES string of the molecule is COc1ccc(CNC(=O)c2cccc(C#N)c2)c(OC)c1. The number of nitrogens with one attached hydrogen (secondary N) is 1. The van der Waals surface area contributed by atoms with Gasteiger partial charge in [-0.3, -0.25) is 4.79 Å². The summed E-state index contributed by atoms with van der Waals surface area (Å²) in [7, 11) is 3.15. The van der Waals surface area contributed by atoms with Crippen molar-refractivity contribution in [3.05, 3.63) is 59.2 Å². The van der Waals surface area contributed by atoms with Crippen molar-refractivity contribution in [3.8, 4) is 17.6 Å². The molecule has 112 valence electrons. The molecule has 0 bridgehead atoms. The van der Waals surface area contributed by atoms with E-state index >= 15 is 0 Å². The van der Waals surface area contributed by atoms with Gasteiger partial charge in [0.2, 0.25) is 0 Å². The zero-order chi connectivity index (χ0) is 15.9. The van der Waals surface area contributed by atoms with Crippen molar-refractivity contribution in [2.45, 2.75) is 6.54 Å². The number of nitriles is 1. The number of carbonyl (C=O) groups excluding carboxylic acids is 1. The van der Waals surface area contributed by atoms with Crippen molar-refractivity contribution >= 4 is 5.91 Å². The van der Waals surface area contributed by atoms with Crippen LogP contribution in [0.1, 0.15) is 21.5 Å². The number of ether oxygens (including phenoxy) is 2. The maximum Gasteiger partial charge on any atom is 0.251 e. The number of hydrogen-bond donors (Lipinski definition) is 1. The quantitative estimate of drug-likeness (QED) is 0.920. The number of nitrogens with zero attached hydrogens (tertiary/aromatic N) is 1. The van der Waals surface area contributed by atoms with Gasteiger partial charge < -0.3 is 14.8 Å². The van der Waals surface area contributed by atoms with Crippen molar-refractivity contribution < 1.29 is 14.3 Å². The Kier molecular flexibility index (Phi) is 4.99. The molecule has 5 heteroatoms. The Balaban J connectivity index is 2.09. The van der Waals surface area contributed by atoms with Gasteiger partial charge in [-0.1, -0.05) is 6.07 Å². The van der Waals surface area contributed by atoms with Crippen molar-refractivity contribution in [3.63, 3.8) is 0 Å².